The molecule has 0 N–H and O–H groups in total. The van der Waals surface area contributed by atoms with Gasteiger partial charge in [-0.1, -0.05) is 13.8 Å². The first-order chi connectivity index (χ1) is 7.80. The largest absolute Gasteiger partial charge is 0.367 e. The second kappa shape index (κ2) is 3.14. The van der Waals surface area contributed by atoms with E-state index in [-0.39, 0.29) is 16.4 Å². The zero-order valence-electron chi connectivity index (χ0n) is 11.5. The summed E-state index contributed by atoms with van der Waals surface area (Å²) in [4.78, 5) is 12.1. The number of ether oxygens (including phenoxy) is 1. The first-order valence-electron chi connectivity index (χ1n) is 7.01. The highest BCUT2D eigenvalue weighted by Crippen LogP contribution is 2.66. The van der Waals surface area contributed by atoms with Crippen LogP contribution in [-0.4, -0.2) is 17.5 Å². The molecule has 0 radical (unpaired) electrons. The molecule has 2 nitrogen and oxygen atoms in total. The Morgan fingerprint density at radius 2 is 1.94 bits per heavy atom. The fraction of sp³-hybridized carbons (Fsp3) is 0.933. The number of carbonyl (C=O) groups is 1. The second-order valence-electron chi connectivity index (χ2n) is 7.36. The maximum Gasteiger partial charge on any atom is 0.139 e. The fourth-order valence-corrected chi connectivity index (χ4v) is 4.40. The third kappa shape index (κ3) is 1.39. The number of fused-ring (bicyclic) bond motifs is 2. The van der Waals surface area contributed by atoms with Gasteiger partial charge in [0.25, 0.3) is 0 Å². The minimum atomic E-state index is -0.0311. The summed E-state index contributed by atoms with van der Waals surface area (Å²) in [7, 11) is 0. The third-order valence-electron chi connectivity index (χ3n) is 6.29. The lowest BCUT2D eigenvalue weighted by Crippen LogP contribution is -2.35. The van der Waals surface area contributed by atoms with Crippen molar-refractivity contribution in [3.05, 3.63) is 0 Å². The molecule has 1 aliphatic heterocycles. The average Bonchev–Trinajstić information content (AvgIpc) is 2.72. The van der Waals surface area contributed by atoms with Crippen LogP contribution in [0.2, 0.25) is 0 Å². The smallest absolute Gasteiger partial charge is 0.139 e. The molecule has 2 aliphatic carbocycles. The van der Waals surface area contributed by atoms with Crippen LogP contribution in [0.3, 0.4) is 0 Å². The first kappa shape index (κ1) is 11.7. The first-order valence-corrected chi connectivity index (χ1v) is 7.01. The van der Waals surface area contributed by atoms with Gasteiger partial charge >= 0.3 is 0 Å². The van der Waals surface area contributed by atoms with E-state index in [1.807, 2.05) is 0 Å². The number of Topliss-reactive ketones (excluding diaryl/α,β-unsaturated/α-hetero) is 1. The molecule has 0 aromatic carbocycles. The lowest BCUT2D eigenvalue weighted by Gasteiger charge is -2.36. The van der Waals surface area contributed by atoms with E-state index in [1.165, 1.54) is 6.42 Å². The van der Waals surface area contributed by atoms with Crippen LogP contribution in [0.1, 0.15) is 59.8 Å². The quantitative estimate of drug-likeness (QED) is 0.703. The zero-order valence-corrected chi connectivity index (χ0v) is 11.5. The number of hydrogen-bond acceptors (Lipinski definition) is 2. The average molecular weight is 236 g/mol. The van der Waals surface area contributed by atoms with Crippen molar-refractivity contribution in [1.82, 2.24) is 0 Å². The van der Waals surface area contributed by atoms with Gasteiger partial charge in [-0.3, -0.25) is 4.79 Å². The van der Waals surface area contributed by atoms with Crippen molar-refractivity contribution in [1.29, 1.82) is 0 Å². The molecular formula is C15H24O2. The zero-order chi connectivity index (χ0) is 12.5. The summed E-state index contributed by atoms with van der Waals surface area (Å²) in [5.41, 5.74) is 0.307. The van der Waals surface area contributed by atoms with Gasteiger partial charge in [0.15, 0.2) is 0 Å². The summed E-state index contributed by atoms with van der Waals surface area (Å²) in [6, 6.07) is 0. The van der Waals surface area contributed by atoms with Crippen molar-refractivity contribution in [3.63, 3.8) is 0 Å². The Balaban J connectivity index is 1.72. The SMILES string of the molecule is CC1(C)OC1CCC1(C)C2CCC1(C)C(=O)C2. The van der Waals surface area contributed by atoms with E-state index in [0.29, 0.717) is 17.8 Å². The number of epoxide rings is 1. The van der Waals surface area contributed by atoms with Crippen LogP contribution in [0, 0.1) is 16.7 Å². The van der Waals surface area contributed by atoms with E-state index >= 15 is 0 Å². The molecule has 0 amide bonds. The number of rotatable bonds is 3. The molecule has 1 heterocycles. The van der Waals surface area contributed by atoms with Gasteiger partial charge in [0.2, 0.25) is 0 Å². The lowest BCUT2D eigenvalue weighted by atomic mass is 9.66. The van der Waals surface area contributed by atoms with Gasteiger partial charge in [0.1, 0.15) is 5.78 Å². The van der Waals surface area contributed by atoms with Crippen LogP contribution >= 0.6 is 0 Å². The molecule has 2 heteroatoms. The van der Waals surface area contributed by atoms with Crippen molar-refractivity contribution < 1.29 is 9.53 Å². The van der Waals surface area contributed by atoms with Crippen LogP contribution in [0.5, 0.6) is 0 Å². The maximum atomic E-state index is 12.1. The summed E-state index contributed by atoms with van der Waals surface area (Å²) in [6.07, 6.45) is 5.92. The molecular weight excluding hydrogens is 212 g/mol. The Labute approximate surface area is 104 Å². The number of ketones is 1. The van der Waals surface area contributed by atoms with Gasteiger partial charge in [-0.2, -0.15) is 0 Å². The van der Waals surface area contributed by atoms with Crippen LogP contribution < -0.4 is 0 Å². The van der Waals surface area contributed by atoms with Crippen molar-refractivity contribution in [2.75, 3.05) is 0 Å². The predicted molar refractivity (Wildman–Crippen MR) is 66.7 cm³/mol. The van der Waals surface area contributed by atoms with Crippen molar-refractivity contribution in [2.24, 2.45) is 16.7 Å². The van der Waals surface area contributed by atoms with Gasteiger partial charge in [0, 0.05) is 11.8 Å². The van der Waals surface area contributed by atoms with Gasteiger partial charge in [-0.05, 0) is 50.9 Å². The Bertz CT molecular complexity index is 373. The standard InChI is InChI=1S/C15H24O2/c1-13(2)12(17-13)6-8-14(3)10-5-7-15(14,4)11(16)9-10/h10,12H,5-9H2,1-4H3. The lowest BCUT2D eigenvalue weighted by molar-refractivity contribution is -0.128. The van der Waals surface area contributed by atoms with Gasteiger partial charge < -0.3 is 4.74 Å². The molecule has 3 aliphatic rings. The minimum Gasteiger partial charge on any atom is -0.367 e. The summed E-state index contributed by atoms with van der Waals surface area (Å²) < 4.78 is 5.67. The van der Waals surface area contributed by atoms with Crippen molar-refractivity contribution >= 4 is 5.78 Å². The molecule has 0 aromatic heterocycles. The van der Waals surface area contributed by atoms with E-state index in [2.05, 4.69) is 27.7 Å². The van der Waals surface area contributed by atoms with Gasteiger partial charge in [0.05, 0.1) is 11.7 Å². The van der Waals surface area contributed by atoms with Crippen molar-refractivity contribution in [2.45, 2.75) is 71.5 Å². The van der Waals surface area contributed by atoms with Crippen LogP contribution in [0.25, 0.3) is 0 Å². The molecule has 2 bridgehead atoms. The van der Waals surface area contributed by atoms with Crippen LogP contribution in [0.15, 0.2) is 0 Å². The third-order valence-corrected chi connectivity index (χ3v) is 6.29. The Kier molecular flexibility index (Phi) is 2.16. The van der Waals surface area contributed by atoms with E-state index in [9.17, 15) is 4.79 Å². The van der Waals surface area contributed by atoms with Crippen LogP contribution in [-0.2, 0) is 9.53 Å². The van der Waals surface area contributed by atoms with Gasteiger partial charge in [-0.25, -0.2) is 0 Å². The second-order valence-corrected chi connectivity index (χ2v) is 7.36. The normalized spacial score (nSPS) is 50.9. The molecule has 0 aromatic rings. The number of carbonyl (C=O) groups excluding carboxylic acids is 1. The monoisotopic (exact) mass is 236 g/mol. The highest BCUT2D eigenvalue weighted by atomic mass is 16.6. The molecule has 1 saturated heterocycles. The topological polar surface area (TPSA) is 29.6 Å². The highest BCUT2D eigenvalue weighted by molar-refractivity contribution is 5.89. The Morgan fingerprint density at radius 3 is 2.35 bits per heavy atom. The molecule has 3 fully saturated rings. The van der Waals surface area contributed by atoms with Crippen molar-refractivity contribution in [3.8, 4) is 0 Å². The van der Waals surface area contributed by atoms with E-state index in [0.717, 1.165) is 25.7 Å². The molecule has 96 valence electrons. The fourth-order valence-electron chi connectivity index (χ4n) is 4.40. The minimum absolute atomic E-state index is 0.0311. The predicted octanol–water partition coefficient (Wildman–Crippen LogP) is 3.34. The summed E-state index contributed by atoms with van der Waals surface area (Å²) in [6.45, 7) is 8.89. The maximum absolute atomic E-state index is 12.1. The molecule has 4 atom stereocenters. The summed E-state index contributed by atoms with van der Waals surface area (Å²) in [5, 5.41) is 0. The summed E-state index contributed by atoms with van der Waals surface area (Å²) >= 11 is 0. The molecule has 4 unspecified atom stereocenters. The molecule has 2 saturated carbocycles. The molecule has 17 heavy (non-hydrogen) atoms. The Hall–Kier alpha value is -0.370. The number of hydrogen-bond donors (Lipinski definition) is 0. The molecule has 3 rings (SSSR count). The van der Waals surface area contributed by atoms with E-state index in [4.69, 9.17) is 4.74 Å². The van der Waals surface area contributed by atoms with E-state index in [1.54, 1.807) is 0 Å². The van der Waals surface area contributed by atoms with Crippen LogP contribution in [0.4, 0.5) is 0 Å². The summed E-state index contributed by atoms with van der Waals surface area (Å²) in [5.74, 6) is 1.16. The van der Waals surface area contributed by atoms with E-state index < -0.39 is 0 Å². The molecule has 0 spiro atoms. The Morgan fingerprint density at radius 1 is 1.29 bits per heavy atom. The van der Waals surface area contributed by atoms with Gasteiger partial charge in [-0.15, -0.1) is 0 Å². The highest BCUT2D eigenvalue weighted by Gasteiger charge is 2.64.